The number of halogens is 1. The molecule has 1 aromatic rings. The van der Waals surface area contributed by atoms with Gasteiger partial charge in [0.2, 0.25) is 0 Å². The molecule has 0 aliphatic carbocycles. The number of hydrogen-bond acceptors (Lipinski definition) is 5. The molecular weight excluding hydrogens is 281 g/mol. The molecule has 1 unspecified atom stereocenters. The minimum absolute atomic E-state index is 0.159. The highest BCUT2D eigenvalue weighted by molar-refractivity contribution is 5.99. The average Bonchev–Trinajstić information content (AvgIpc) is 2.65. The molecule has 1 heterocycles. The number of rotatable bonds is 2. The summed E-state index contributed by atoms with van der Waals surface area (Å²) in [5.41, 5.74) is 4.35. The Hall–Kier alpha value is -2.22. The van der Waals surface area contributed by atoms with Crippen LogP contribution in [0.3, 0.4) is 0 Å². The first-order chi connectivity index (χ1) is 9.90. The zero-order chi connectivity index (χ0) is 15.6. The van der Waals surface area contributed by atoms with E-state index >= 15 is 0 Å². The number of nitrogens with two attached hydrogens (primary N) is 1. The Balaban J connectivity index is 2.37. The van der Waals surface area contributed by atoms with Crippen molar-refractivity contribution >= 4 is 17.3 Å². The molecule has 0 saturated carbocycles. The molecule has 1 fully saturated rings. The Kier molecular flexibility index (Phi) is 4.37. The molecule has 2 rings (SSSR count). The van der Waals surface area contributed by atoms with E-state index in [9.17, 15) is 19.3 Å². The molecule has 1 aliphatic heterocycles. The Morgan fingerprint density at radius 1 is 1.57 bits per heavy atom. The van der Waals surface area contributed by atoms with Crippen molar-refractivity contribution in [3.8, 4) is 0 Å². The molecule has 1 aromatic carbocycles. The van der Waals surface area contributed by atoms with Crippen LogP contribution in [0.5, 0.6) is 0 Å². The molecule has 0 spiro atoms. The number of nitrogen functional groups attached to an aromatic ring is 1. The van der Waals surface area contributed by atoms with Gasteiger partial charge in [0.15, 0.2) is 5.82 Å². The van der Waals surface area contributed by atoms with Crippen LogP contribution in [0, 0.1) is 15.9 Å². The van der Waals surface area contributed by atoms with Gasteiger partial charge in [0.1, 0.15) is 5.56 Å². The Morgan fingerprint density at radius 2 is 2.29 bits per heavy atom. The number of amides is 1. The SMILES string of the molecule is CC1CN(C(=O)c2cc(N)c(F)cc2[N+](=O)[O-])CCCO1. The molecule has 21 heavy (non-hydrogen) atoms. The van der Waals surface area contributed by atoms with Gasteiger partial charge in [0, 0.05) is 19.7 Å². The van der Waals surface area contributed by atoms with Crippen LogP contribution in [0.4, 0.5) is 15.8 Å². The van der Waals surface area contributed by atoms with Crippen LogP contribution in [-0.4, -0.2) is 41.5 Å². The number of benzene rings is 1. The maximum atomic E-state index is 13.4. The molecule has 2 N–H and O–H groups in total. The van der Waals surface area contributed by atoms with Gasteiger partial charge in [0.05, 0.1) is 22.8 Å². The lowest BCUT2D eigenvalue weighted by molar-refractivity contribution is -0.385. The standard InChI is InChI=1S/C13H16FN3O4/c1-8-7-16(3-2-4-21-8)13(18)9-5-11(15)10(14)6-12(9)17(19)20/h5-6,8H,2-4,7,15H2,1H3. The number of carbonyl (C=O) groups excluding carboxylic acids is 1. The van der Waals surface area contributed by atoms with Crippen LogP contribution < -0.4 is 5.73 Å². The molecule has 0 aromatic heterocycles. The van der Waals surface area contributed by atoms with E-state index in [1.165, 1.54) is 4.90 Å². The van der Waals surface area contributed by atoms with Gasteiger partial charge < -0.3 is 15.4 Å². The number of anilines is 1. The van der Waals surface area contributed by atoms with Crippen molar-refractivity contribution in [2.45, 2.75) is 19.4 Å². The number of carbonyl (C=O) groups is 1. The van der Waals surface area contributed by atoms with Crippen LogP contribution in [0.1, 0.15) is 23.7 Å². The van der Waals surface area contributed by atoms with Crippen LogP contribution in [0.2, 0.25) is 0 Å². The smallest absolute Gasteiger partial charge is 0.285 e. The first kappa shape index (κ1) is 15.2. The quantitative estimate of drug-likeness (QED) is 0.507. The van der Waals surface area contributed by atoms with Gasteiger partial charge in [-0.15, -0.1) is 0 Å². The summed E-state index contributed by atoms with van der Waals surface area (Å²) in [5, 5.41) is 11.0. The lowest BCUT2D eigenvalue weighted by atomic mass is 10.1. The van der Waals surface area contributed by atoms with E-state index in [1.807, 2.05) is 6.92 Å². The highest BCUT2D eigenvalue weighted by Crippen LogP contribution is 2.26. The molecule has 8 heteroatoms. The zero-order valence-corrected chi connectivity index (χ0v) is 11.5. The van der Waals surface area contributed by atoms with Gasteiger partial charge in [-0.25, -0.2) is 4.39 Å². The fraction of sp³-hybridized carbons (Fsp3) is 0.462. The van der Waals surface area contributed by atoms with Gasteiger partial charge in [-0.1, -0.05) is 0 Å². The predicted molar refractivity (Wildman–Crippen MR) is 73.4 cm³/mol. The number of ether oxygens (including phenoxy) is 1. The second-order valence-electron chi connectivity index (χ2n) is 4.93. The minimum Gasteiger partial charge on any atom is -0.396 e. The van der Waals surface area contributed by atoms with E-state index in [0.717, 1.165) is 6.07 Å². The summed E-state index contributed by atoms with van der Waals surface area (Å²) in [6, 6.07) is 1.70. The van der Waals surface area contributed by atoms with Gasteiger partial charge in [0.25, 0.3) is 11.6 Å². The largest absolute Gasteiger partial charge is 0.396 e. The summed E-state index contributed by atoms with van der Waals surface area (Å²) in [4.78, 5) is 24.2. The topological polar surface area (TPSA) is 98.7 Å². The molecule has 1 saturated heterocycles. The second kappa shape index (κ2) is 6.04. The summed E-state index contributed by atoms with van der Waals surface area (Å²) in [6.07, 6.45) is 0.480. The monoisotopic (exact) mass is 297 g/mol. The molecule has 7 nitrogen and oxygen atoms in total. The van der Waals surface area contributed by atoms with Crippen LogP contribution in [0.15, 0.2) is 12.1 Å². The fourth-order valence-electron chi connectivity index (χ4n) is 2.25. The third kappa shape index (κ3) is 3.27. The van der Waals surface area contributed by atoms with Crippen molar-refractivity contribution in [3.63, 3.8) is 0 Å². The zero-order valence-electron chi connectivity index (χ0n) is 11.5. The van der Waals surface area contributed by atoms with E-state index in [0.29, 0.717) is 32.2 Å². The van der Waals surface area contributed by atoms with Crippen molar-refractivity contribution in [2.75, 3.05) is 25.4 Å². The summed E-state index contributed by atoms with van der Waals surface area (Å²) < 4.78 is 18.8. The van der Waals surface area contributed by atoms with Gasteiger partial charge in [-0.2, -0.15) is 0 Å². The fourth-order valence-corrected chi connectivity index (χ4v) is 2.25. The number of nitro groups is 1. The van der Waals surface area contributed by atoms with Crippen LogP contribution in [0.25, 0.3) is 0 Å². The minimum atomic E-state index is -0.911. The summed E-state index contributed by atoms with van der Waals surface area (Å²) >= 11 is 0. The van der Waals surface area contributed by atoms with Crippen molar-refractivity contribution in [1.29, 1.82) is 0 Å². The average molecular weight is 297 g/mol. The summed E-state index contributed by atoms with van der Waals surface area (Å²) in [5.74, 6) is -1.45. The number of hydrogen-bond donors (Lipinski definition) is 1. The first-order valence-corrected chi connectivity index (χ1v) is 6.54. The molecule has 114 valence electrons. The molecular formula is C13H16FN3O4. The highest BCUT2D eigenvalue weighted by atomic mass is 19.1. The van der Waals surface area contributed by atoms with E-state index in [-0.39, 0.29) is 17.4 Å². The molecule has 0 radical (unpaired) electrons. The van der Waals surface area contributed by atoms with Crippen LogP contribution in [-0.2, 0) is 4.74 Å². The van der Waals surface area contributed by atoms with E-state index in [4.69, 9.17) is 10.5 Å². The lowest BCUT2D eigenvalue weighted by Gasteiger charge is -2.22. The molecule has 0 bridgehead atoms. The van der Waals surface area contributed by atoms with E-state index in [1.54, 1.807) is 0 Å². The predicted octanol–water partition coefficient (Wildman–Crippen LogP) is 1.57. The van der Waals surface area contributed by atoms with E-state index < -0.39 is 22.3 Å². The Bertz CT molecular complexity index is 579. The lowest BCUT2D eigenvalue weighted by Crippen LogP contribution is -2.36. The van der Waals surface area contributed by atoms with E-state index in [2.05, 4.69) is 0 Å². The van der Waals surface area contributed by atoms with Gasteiger partial charge in [-0.05, 0) is 19.4 Å². The molecule has 1 amide bonds. The maximum Gasteiger partial charge on any atom is 0.285 e. The third-order valence-electron chi connectivity index (χ3n) is 3.28. The van der Waals surface area contributed by atoms with Crippen molar-refractivity contribution in [2.24, 2.45) is 0 Å². The van der Waals surface area contributed by atoms with Gasteiger partial charge in [-0.3, -0.25) is 14.9 Å². The second-order valence-corrected chi connectivity index (χ2v) is 4.93. The maximum absolute atomic E-state index is 13.4. The van der Waals surface area contributed by atoms with Crippen LogP contribution >= 0.6 is 0 Å². The van der Waals surface area contributed by atoms with Crippen molar-refractivity contribution < 1.29 is 18.8 Å². The van der Waals surface area contributed by atoms with Crippen molar-refractivity contribution in [1.82, 2.24) is 4.90 Å². The summed E-state index contributed by atoms with van der Waals surface area (Å²) in [7, 11) is 0. The summed E-state index contributed by atoms with van der Waals surface area (Å²) in [6.45, 7) is 3.10. The molecule has 1 atom stereocenters. The van der Waals surface area contributed by atoms with Gasteiger partial charge >= 0.3 is 0 Å². The number of nitrogens with zero attached hydrogens (tertiary/aromatic N) is 2. The number of nitro benzene ring substituents is 1. The first-order valence-electron chi connectivity index (χ1n) is 6.54. The third-order valence-corrected chi connectivity index (χ3v) is 3.28. The highest BCUT2D eigenvalue weighted by Gasteiger charge is 2.28. The Morgan fingerprint density at radius 3 is 2.95 bits per heavy atom. The normalized spacial score (nSPS) is 19.1. The molecule has 1 aliphatic rings. The Labute approximate surface area is 120 Å². The van der Waals surface area contributed by atoms with Crippen molar-refractivity contribution in [3.05, 3.63) is 33.6 Å².